The summed E-state index contributed by atoms with van der Waals surface area (Å²) in [5.41, 5.74) is 1.40. The summed E-state index contributed by atoms with van der Waals surface area (Å²) in [5, 5.41) is 0.321. The highest BCUT2D eigenvalue weighted by atomic mass is 79.9. The molecule has 22 heavy (non-hydrogen) atoms. The van der Waals surface area contributed by atoms with Gasteiger partial charge in [0.1, 0.15) is 11.6 Å². The lowest BCUT2D eigenvalue weighted by Gasteiger charge is -2.12. The van der Waals surface area contributed by atoms with E-state index in [4.69, 9.17) is 0 Å². The minimum Gasteiger partial charge on any atom is -0.296 e. The van der Waals surface area contributed by atoms with Crippen LogP contribution in [0.1, 0.15) is 18.3 Å². The molecule has 0 bridgehead atoms. The van der Waals surface area contributed by atoms with Gasteiger partial charge in [-0.15, -0.1) is 0 Å². The van der Waals surface area contributed by atoms with Crippen LogP contribution in [0.4, 0.5) is 4.39 Å². The molecule has 112 valence electrons. The Morgan fingerprint density at radius 2 is 1.91 bits per heavy atom. The largest absolute Gasteiger partial charge is 0.296 e. The van der Waals surface area contributed by atoms with Crippen molar-refractivity contribution in [3.63, 3.8) is 0 Å². The molecule has 0 spiro atoms. The molecule has 0 unspecified atom stereocenters. The molecule has 0 aliphatic carbocycles. The Hall–Kier alpha value is -2.01. The van der Waals surface area contributed by atoms with Gasteiger partial charge in [0.2, 0.25) is 0 Å². The van der Waals surface area contributed by atoms with Crippen LogP contribution in [0.25, 0.3) is 10.9 Å². The van der Waals surface area contributed by atoms with Crippen LogP contribution in [-0.2, 0) is 13.0 Å². The van der Waals surface area contributed by atoms with Crippen LogP contribution in [-0.4, -0.2) is 9.55 Å². The number of hydrogen-bond acceptors (Lipinski definition) is 2. The first kappa shape index (κ1) is 14.9. The summed E-state index contributed by atoms with van der Waals surface area (Å²) in [6, 6.07) is 12.0. The number of aromatic nitrogens is 2. The number of benzene rings is 2. The molecule has 0 fully saturated rings. The highest BCUT2D eigenvalue weighted by Gasteiger charge is 2.11. The van der Waals surface area contributed by atoms with E-state index < -0.39 is 5.82 Å². The average Bonchev–Trinajstić information content (AvgIpc) is 2.51. The molecule has 1 aromatic heterocycles. The van der Waals surface area contributed by atoms with E-state index in [0.717, 1.165) is 10.0 Å². The van der Waals surface area contributed by atoms with Gasteiger partial charge < -0.3 is 0 Å². The third kappa shape index (κ3) is 2.81. The Bertz CT molecular complexity index is 888. The van der Waals surface area contributed by atoms with Gasteiger partial charge in [-0.25, -0.2) is 9.37 Å². The van der Waals surface area contributed by atoms with Gasteiger partial charge in [0, 0.05) is 17.4 Å². The fraction of sp³-hybridized carbons (Fsp3) is 0.176. The van der Waals surface area contributed by atoms with Crippen molar-refractivity contribution in [3.05, 3.63) is 74.5 Å². The summed E-state index contributed by atoms with van der Waals surface area (Å²) < 4.78 is 16.0. The third-order valence-electron chi connectivity index (χ3n) is 3.59. The lowest BCUT2D eigenvalue weighted by atomic mass is 10.1. The van der Waals surface area contributed by atoms with Crippen molar-refractivity contribution in [3.8, 4) is 0 Å². The van der Waals surface area contributed by atoms with E-state index in [1.165, 1.54) is 12.1 Å². The summed E-state index contributed by atoms with van der Waals surface area (Å²) >= 11 is 3.40. The van der Waals surface area contributed by atoms with E-state index in [1.54, 1.807) is 10.6 Å². The second-order valence-electron chi connectivity index (χ2n) is 5.04. The zero-order valence-electron chi connectivity index (χ0n) is 12.0. The van der Waals surface area contributed by atoms with E-state index >= 15 is 0 Å². The topological polar surface area (TPSA) is 34.9 Å². The molecule has 0 radical (unpaired) electrons. The molecule has 3 aromatic rings. The smallest absolute Gasteiger partial charge is 0.261 e. The van der Waals surface area contributed by atoms with Crippen LogP contribution in [0, 0.1) is 5.82 Å². The molecule has 0 N–H and O–H groups in total. The van der Waals surface area contributed by atoms with Crippen molar-refractivity contribution >= 4 is 26.8 Å². The fourth-order valence-electron chi connectivity index (χ4n) is 2.48. The fourth-order valence-corrected chi connectivity index (χ4v) is 2.75. The monoisotopic (exact) mass is 360 g/mol. The van der Waals surface area contributed by atoms with Gasteiger partial charge in [0.25, 0.3) is 5.56 Å². The molecule has 5 heteroatoms. The van der Waals surface area contributed by atoms with Gasteiger partial charge in [-0.2, -0.15) is 0 Å². The van der Waals surface area contributed by atoms with Crippen molar-refractivity contribution in [2.24, 2.45) is 0 Å². The zero-order valence-corrected chi connectivity index (χ0v) is 13.6. The van der Waals surface area contributed by atoms with Crippen molar-refractivity contribution in [2.45, 2.75) is 19.9 Å². The molecule has 1 heterocycles. The summed E-state index contributed by atoms with van der Waals surface area (Å²) in [5.74, 6) is 0.267. The molecule has 0 saturated heterocycles. The lowest BCUT2D eigenvalue weighted by Crippen LogP contribution is -2.25. The van der Waals surface area contributed by atoms with Gasteiger partial charge in [-0.1, -0.05) is 28.1 Å². The summed E-state index contributed by atoms with van der Waals surface area (Å²) in [7, 11) is 0. The van der Waals surface area contributed by atoms with Crippen LogP contribution < -0.4 is 5.56 Å². The standard InChI is InChI=1S/C17H14BrFN2O/c1-2-21-16(9-11-3-5-12(18)6-4-11)20-15-8-7-13(19)10-14(15)17(21)22/h3-8,10H,2,9H2,1H3. The number of hydrogen-bond donors (Lipinski definition) is 0. The molecule has 0 atom stereocenters. The number of fused-ring (bicyclic) bond motifs is 1. The van der Waals surface area contributed by atoms with Crippen molar-refractivity contribution in [2.75, 3.05) is 0 Å². The summed E-state index contributed by atoms with van der Waals surface area (Å²) in [4.78, 5) is 17.1. The SMILES string of the molecule is CCn1c(Cc2ccc(Br)cc2)nc2ccc(F)cc2c1=O. The number of rotatable bonds is 3. The quantitative estimate of drug-likeness (QED) is 0.709. The summed E-state index contributed by atoms with van der Waals surface area (Å²) in [6.45, 7) is 2.39. The maximum atomic E-state index is 13.4. The minimum absolute atomic E-state index is 0.195. The molecule has 0 saturated carbocycles. The Morgan fingerprint density at radius 1 is 1.18 bits per heavy atom. The van der Waals surface area contributed by atoms with E-state index in [-0.39, 0.29) is 5.56 Å². The number of halogens is 2. The lowest BCUT2D eigenvalue weighted by molar-refractivity contribution is 0.627. The molecule has 3 rings (SSSR count). The second-order valence-corrected chi connectivity index (χ2v) is 5.96. The van der Waals surface area contributed by atoms with E-state index in [2.05, 4.69) is 20.9 Å². The molecule has 3 nitrogen and oxygen atoms in total. The highest BCUT2D eigenvalue weighted by Crippen LogP contribution is 2.15. The normalized spacial score (nSPS) is 11.0. The first-order valence-corrected chi connectivity index (χ1v) is 7.81. The molecule has 0 aliphatic rings. The van der Waals surface area contributed by atoms with Crippen molar-refractivity contribution < 1.29 is 4.39 Å². The molecule has 0 amide bonds. The van der Waals surface area contributed by atoms with E-state index in [1.807, 2.05) is 31.2 Å². The maximum absolute atomic E-state index is 13.4. The molecular weight excluding hydrogens is 347 g/mol. The van der Waals surface area contributed by atoms with Crippen LogP contribution >= 0.6 is 15.9 Å². The first-order chi connectivity index (χ1) is 10.6. The van der Waals surface area contributed by atoms with Crippen LogP contribution in [0.15, 0.2) is 51.7 Å². The second kappa shape index (κ2) is 6.01. The predicted molar refractivity (Wildman–Crippen MR) is 88.6 cm³/mol. The minimum atomic E-state index is -0.422. The van der Waals surface area contributed by atoms with Gasteiger partial charge >= 0.3 is 0 Å². The molecule has 0 aliphatic heterocycles. The van der Waals surface area contributed by atoms with Crippen LogP contribution in [0.2, 0.25) is 0 Å². The Morgan fingerprint density at radius 3 is 2.59 bits per heavy atom. The van der Waals surface area contributed by atoms with Gasteiger partial charge in [-0.05, 0) is 42.8 Å². The van der Waals surface area contributed by atoms with Crippen LogP contribution in [0.3, 0.4) is 0 Å². The molecule has 2 aromatic carbocycles. The van der Waals surface area contributed by atoms with Gasteiger partial charge in [-0.3, -0.25) is 9.36 Å². The predicted octanol–water partition coefficient (Wildman–Crippen LogP) is 3.91. The van der Waals surface area contributed by atoms with E-state index in [0.29, 0.717) is 29.7 Å². The first-order valence-electron chi connectivity index (χ1n) is 7.02. The van der Waals surface area contributed by atoms with Crippen molar-refractivity contribution in [1.82, 2.24) is 9.55 Å². The van der Waals surface area contributed by atoms with Gasteiger partial charge in [0.15, 0.2) is 0 Å². The van der Waals surface area contributed by atoms with Crippen LogP contribution in [0.5, 0.6) is 0 Å². The molecular formula is C17H14BrFN2O. The highest BCUT2D eigenvalue weighted by molar-refractivity contribution is 9.10. The zero-order chi connectivity index (χ0) is 15.7. The van der Waals surface area contributed by atoms with Gasteiger partial charge in [0.05, 0.1) is 10.9 Å². The average molecular weight is 361 g/mol. The van der Waals surface area contributed by atoms with Crippen molar-refractivity contribution in [1.29, 1.82) is 0 Å². The van der Waals surface area contributed by atoms with E-state index in [9.17, 15) is 9.18 Å². The Labute approximate surface area is 135 Å². The third-order valence-corrected chi connectivity index (χ3v) is 4.12. The number of nitrogens with zero attached hydrogens (tertiary/aromatic N) is 2. The maximum Gasteiger partial charge on any atom is 0.261 e. The Balaban J connectivity index is 2.14. The summed E-state index contributed by atoms with van der Waals surface area (Å²) in [6.07, 6.45) is 0.559. The Kier molecular flexibility index (Phi) is 4.07.